The third-order valence-electron chi connectivity index (χ3n) is 4.09. The van der Waals surface area contributed by atoms with Gasteiger partial charge in [0.15, 0.2) is 0 Å². The number of nitrogens with zero attached hydrogens (tertiary/aromatic N) is 2. The van der Waals surface area contributed by atoms with Crippen LogP contribution in [0, 0.1) is 5.41 Å². The van der Waals surface area contributed by atoms with Crippen molar-refractivity contribution in [2.75, 3.05) is 13.1 Å². The van der Waals surface area contributed by atoms with E-state index in [1.165, 1.54) is 11.3 Å². The van der Waals surface area contributed by atoms with Gasteiger partial charge in [-0.25, -0.2) is 4.98 Å². The molecule has 1 aliphatic heterocycles. The Hall–Kier alpha value is -1.08. The van der Waals surface area contributed by atoms with Gasteiger partial charge < -0.3 is 15.1 Å². The van der Waals surface area contributed by atoms with Gasteiger partial charge in [-0.2, -0.15) is 0 Å². The first-order valence-electron chi connectivity index (χ1n) is 7.00. The summed E-state index contributed by atoms with van der Waals surface area (Å²) in [5.74, 6) is -0.0130. The number of piperidine rings is 1. The van der Waals surface area contributed by atoms with Crippen molar-refractivity contribution < 1.29 is 9.21 Å². The predicted octanol–water partition coefficient (Wildman–Crippen LogP) is 3.45. The third kappa shape index (κ3) is 4.07. The van der Waals surface area contributed by atoms with Crippen LogP contribution in [-0.4, -0.2) is 34.9 Å². The van der Waals surface area contributed by atoms with E-state index in [1.54, 1.807) is 12.5 Å². The average molecular weight is 378 g/mol. The number of rotatable bonds is 2. The van der Waals surface area contributed by atoms with E-state index in [4.69, 9.17) is 10.2 Å². The van der Waals surface area contributed by atoms with Gasteiger partial charge in [0.25, 0.3) is 5.91 Å². The topological polar surface area (TPSA) is 72.4 Å². The van der Waals surface area contributed by atoms with Gasteiger partial charge in [-0.05, 0) is 17.9 Å². The van der Waals surface area contributed by atoms with Crippen molar-refractivity contribution in [1.29, 1.82) is 0 Å². The number of furan rings is 1. The molecule has 2 aromatic rings. The summed E-state index contributed by atoms with van der Waals surface area (Å²) in [5, 5.41) is 2.62. The predicted molar refractivity (Wildman–Crippen MR) is 96.6 cm³/mol. The molecule has 2 aromatic heterocycles. The lowest BCUT2D eigenvalue weighted by molar-refractivity contribution is 0.0528. The molecule has 2 N–H and O–H groups in total. The normalized spacial score (nSPS) is 19.6. The van der Waals surface area contributed by atoms with Crippen LogP contribution in [0.5, 0.6) is 0 Å². The van der Waals surface area contributed by atoms with Crippen molar-refractivity contribution in [3.63, 3.8) is 0 Å². The molecule has 1 aliphatic rings. The molecule has 3 rings (SSSR count). The highest BCUT2D eigenvalue weighted by Gasteiger charge is 2.36. The van der Waals surface area contributed by atoms with Gasteiger partial charge in [0.05, 0.1) is 6.26 Å². The average Bonchev–Trinajstić information content (AvgIpc) is 3.10. The summed E-state index contributed by atoms with van der Waals surface area (Å²) < 4.78 is 5.05. The molecule has 3 heterocycles. The molecule has 1 atom stereocenters. The van der Waals surface area contributed by atoms with Crippen LogP contribution in [0.1, 0.15) is 30.8 Å². The minimum Gasteiger partial charge on any atom is -0.472 e. The number of hydrogen-bond donors (Lipinski definition) is 1. The summed E-state index contributed by atoms with van der Waals surface area (Å²) in [5.41, 5.74) is 7.47. The maximum absolute atomic E-state index is 12.6. The van der Waals surface area contributed by atoms with Crippen LogP contribution >= 0.6 is 36.2 Å². The molecular weight excluding hydrogens is 357 g/mol. The minimum atomic E-state index is -0.0582. The fraction of sp³-hybridized carbons (Fsp3) is 0.467. The smallest absolute Gasteiger partial charge is 0.273 e. The summed E-state index contributed by atoms with van der Waals surface area (Å²) in [4.78, 5) is 18.9. The van der Waals surface area contributed by atoms with Crippen molar-refractivity contribution in [1.82, 2.24) is 9.88 Å². The molecule has 0 radical (unpaired) electrons. The van der Waals surface area contributed by atoms with Crippen LogP contribution in [0.3, 0.4) is 0 Å². The fourth-order valence-electron chi connectivity index (χ4n) is 2.60. The molecule has 1 amide bonds. The quantitative estimate of drug-likeness (QED) is 0.869. The molecule has 23 heavy (non-hydrogen) atoms. The van der Waals surface area contributed by atoms with Gasteiger partial charge in [0.1, 0.15) is 17.0 Å². The Balaban J connectivity index is 0.00000132. The molecule has 8 heteroatoms. The Morgan fingerprint density at radius 2 is 2.22 bits per heavy atom. The molecule has 0 aliphatic carbocycles. The van der Waals surface area contributed by atoms with Crippen LogP contribution < -0.4 is 5.73 Å². The first-order chi connectivity index (χ1) is 9.97. The molecule has 0 spiro atoms. The van der Waals surface area contributed by atoms with Crippen molar-refractivity contribution in [3.05, 3.63) is 29.7 Å². The maximum atomic E-state index is 12.6. The van der Waals surface area contributed by atoms with Crippen LogP contribution in [0.4, 0.5) is 0 Å². The first kappa shape index (κ1) is 20.0. The summed E-state index contributed by atoms with van der Waals surface area (Å²) >= 11 is 1.46. The van der Waals surface area contributed by atoms with E-state index in [1.807, 2.05) is 16.3 Å². The Bertz CT molecular complexity index is 643. The van der Waals surface area contributed by atoms with E-state index in [2.05, 4.69) is 18.8 Å². The van der Waals surface area contributed by atoms with Crippen LogP contribution in [0.2, 0.25) is 0 Å². The summed E-state index contributed by atoms with van der Waals surface area (Å²) in [6.45, 7) is 5.58. The number of carbonyl (C=O) groups is 1. The van der Waals surface area contributed by atoms with E-state index in [9.17, 15) is 4.79 Å². The van der Waals surface area contributed by atoms with Crippen LogP contribution in [0.25, 0.3) is 10.6 Å². The number of nitrogens with two attached hydrogens (primary N) is 1. The number of thiazole rings is 1. The minimum absolute atomic E-state index is 0. The van der Waals surface area contributed by atoms with Crippen molar-refractivity contribution in [2.45, 2.75) is 26.3 Å². The second kappa shape index (κ2) is 7.66. The number of halogens is 2. The van der Waals surface area contributed by atoms with Gasteiger partial charge >= 0.3 is 0 Å². The van der Waals surface area contributed by atoms with Crippen molar-refractivity contribution in [3.8, 4) is 10.6 Å². The lowest BCUT2D eigenvalue weighted by Gasteiger charge is -2.42. The first-order valence-corrected chi connectivity index (χ1v) is 7.88. The highest BCUT2D eigenvalue weighted by molar-refractivity contribution is 7.13. The Labute approximate surface area is 152 Å². The molecule has 1 unspecified atom stereocenters. The van der Waals surface area contributed by atoms with Crippen molar-refractivity contribution in [2.24, 2.45) is 11.1 Å². The Kier molecular flexibility index (Phi) is 6.65. The highest BCUT2D eigenvalue weighted by Crippen LogP contribution is 2.30. The second-order valence-electron chi connectivity index (χ2n) is 6.16. The lowest BCUT2D eigenvalue weighted by Crippen LogP contribution is -2.54. The van der Waals surface area contributed by atoms with Gasteiger partial charge in [-0.3, -0.25) is 4.79 Å². The van der Waals surface area contributed by atoms with Gasteiger partial charge in [-0.1, -0.05) is 13.8 Å². The van der Waals surface area contributed by atoms with Crippen LogP contribution in [0.15, 0.2) is 28.4 Å². The Morgan fingerprint density at radius 1 is 1.48 bits per heavy atom. The van der Waals surface area contributed by atoms with E-state index in [0.717, 1.165) is 17.0 Å². The van der Waals surface area contributed by atoms with E-state index in [0.29, 0.717) is 18.8 Å². The molecule has 5 nitrogen and oxygen atoms in total. The summed E-state index contributed by atoms with van der Waals surface area (Å²) in [6.07, 6.45) is 4.07. The van der Waals surface area contributed by atoms with Crippen molar-refractivity contribution >= 4 is 42.1 Å². The van der Waals surface area contributed by atoms with Gasteiger partial charge in [-0.15, -0.1) is 36.2 Å². The SMILES string of the molecule is CC1(C)CN(C(=O)c2csc(-c3ccoc3)n2)CCC1N.Cl.Cl. The van der Waals surface area contributed by atoms with Gasteiger partial charge in [0.2, 0.25) is 0 Å². The second-order valence-corrected chi connectivity index (χ2v) is 7.02. The zero-order valence-corrected chi connectivity index (χ0v) is 15.5. The number of carbonyl (C=O) groups excluding carboxylic acids is 1. The standard InChI is InChI=1S/C15H19N3O2S.2ClH/c1-15(2)9-18(5-3-12(15)16)14(19)11-8-21-13(17-11)10-4-6-20-7-10;;/h4,6-8,12H,3,5,9,16H2,1-2H3;2*1H. The molecule has 0 aromatic carbocycles. The highest BCUT2D eigenvalue weighted by atomic mass is 35.5. The zero-order valence-electron chi connectivity index (χ0n) is 13.0. The van der Waals surface area contributed by atoms with E-state index in [-0.39, 0.29) is 42.2 Å². The number of amides is 1. The number of likely N-dealkylation sites (tertiary alicyclic amines) is 1. The lowest BCUT2D eigenvalue weighted by atomic mass is 9.79. The largest absolute Gasteiger partial charge is 0.472 e. The molecule has 128 valence electrons. The monoisotopic (exact) mass is 377 g/mol. The molecule has 0 bridgehead atoms. The van der Waals surface area contributed by atoms with E-state index < -0.39 is 0 Å². The molecule has 0 saturated carbocycles. The number of aromatic nitrogens is 1. The van der Waals surface area contributed by atoms with E-state index >= 15 is 0 Å². The molecule has 1 fully saturated rings. The molecular formula is C15H21Cl2N3O2S. The Morgan fingerprint density at radius 3 is 2.83 bits per heavy atom. The van der Waals surface area contributed by atoms with Crippen LogP contribution in [-0.2, 0) is 0 Å². The third-order valence-corrected chi connectivity index (χ3v) is 4.98. The fourth-order valence-corrected chi connectivity index (χ4v) is 3.38. The number of hydrogen-bond acceptors (Lipinski definition) is 5. The maximum Gasteiger partial charge on any atom is 0.273 e. The summed E-state index contributed by atoms with van der Waals surface area (Å²) in [7, 11) is 0. The summed E-state index contributed by atoms with van der Waals surface area (Å²) in [6, 6.07) is 1.98. The van der Waals surface area contributed by atoms with Gasteiger partial charge in [0, 0.05) is 30.1 Å². The molecule has 1 saturated heterocycles. The zero-order chi connectivity index (χ0) is 15.0.